The molecule has 0 aliphatic carbocycles. The lowest BCUT2D eigenvalue weighted by molar-refractivity contribution is 0.0762. The maximum atomic E-state index is 12.1. The van der Waals surface area contributed by atoms with Crippen molar-refractivity contribution in [2.45, 2.75) is 57.6 Å². The molecule has 21 heavy (non-hydrogen) atoms. The lowest BCUT2D eigenvalue weighted by Crippen LogP contribution is -2.25. The number of aryl methyl sites for hydroxylation is 1. The molecule has 3 N–H and O–H groups in total. The molecular weight excluding hydrogens is 292 g/mol. The van der Waals surface area contributed by atoms with Crippen LogP contribution in [0.4, 0.5) is 5.82 Å². The van der Waals surface area contributed by atoms with Crippen LogP contribution < -0.4 is 10.5 Å². The topological polar surface area (TPSA) is 99.2 Å². The molecule has 122 valence electrons. The van der Waals surface area contributed by atoms with Crippen molar-refractivity contribution in [3.8, 4) is 0 Å². The van der Waals surface area contributed by atoms with E-state index < -0.39 is 10.0 Å². The highest BCUT2D eigenvalue weighted by Gasteiger charge is 2.20. The number of nitrogen functional groups attached to an aromatic ring is 1. The zero-order chi connectivity index (χ0) is 15.9. The zero-order valence-electron chi connectivity index (χ0n) is 13.0. The smallest absolute Gasteiger partial charge is 0.245 e. The van der Waals surface area contributed by atoms with Crippen LogP contribution in [0.1, 0.15) is 40.0 Å². The van der Waals surface area contributed by atoms with Crippen LogP contribution in [0.15, 0.2) is 11.1 Å². The van der Waals surface area contributed by atoms with Gasteiger partial charge in [-0.2, -0.15) is 5.10 Å². The molecule has 0 amide bonds. The summed E-state index contributed by atoms with van der Waals surface area (Å²) in [7, 11) is -3.59. The van der Waals surface area contributed by atoms with Crippen LogP contribution >= 0.6 is 0 Å². The highest BCUT2D eigenvalue weighted by molar-refractivity contribution is 7.89. The summed E-state index contributed by atoms with van der Waals surface area (Å²) in [6, 6.07) is 0. The van der Waals surface area contributed by atoms with Gasteiger partial charge in [-0.15, -0.1) is 0 Å². The summed E-state index contributed by atoms with van der Waals surface area (Å²) in [6.45, 7) is 7.58. The van der Waals surface area contributed by atoms with E-state index in [1.54, 1.807) is 4.68 Å². The van der Waals surface area contributed by atoms with Crippen molar-refractivity contribution in [2.75, 3.05) is 18.9 Å². The quantitative estimate of drug-likeness (QED) is 0.635. The molecule has 7 nitrogen and oxygen atoms in total. The second kappa shape index (κ2) is 8.35. The van der Waals surface area contributed by atoms with E-state index in [0.29, 0.717) is 19.7 Å². The molecule has 8 heteroatoms. The molecule has 0 atom stereocenters. The lowest BCUT2D eigenvalue weighted by Gasteiger charge is -2.08. The van der Waals surface area contributed by atoms with Crippen molar-refractivity contribution in [1.82, 2.24) is 14.5 Å². The van der Waals surface area contributed by atoms with Crippen LogP contribution in [-0.2, 0) is 21.3 Å². The third-order valence-corrected chi connectivity index (χ3v) is 4.29. The Kier molecular flexibility index (Phi) is 7.13. The van der Waals surface area contributed by atoms with Gasteiger partial charge in [0.25, 0.3) is 0 Å². The molecule has 0 saturated heterocycles. The number of anilines is 1. The molecule has 1 heterocycles. The number of nitrogens with zero attached hydrogens (tertiary/aromatic N) is 2. The van der Waals surface area contributed by atoms with Gasteiger partial charge in [-0.1, -0.05) is 6.92 Å². The Morgan fingerprint density at radius 2 is 2.14 bits per heavy atom. The first kappa shape index (κ1) is 17.9. The van der Waals surface area contributed by atoms with Crippen molar-refractivity contribution >= 4 is 15.8 Å². The molecule has 1 aromatic heterocycles. The third-order valence-electron chi connectivity index (χ3n) is 2.81. The molecule has 0 fully saturated rings. The number of ether oxygens (including phenoxy) is 1. The number of sulfonamides is 1. The molecule has 0 spiro atoms. The van der Waals surface area contributed by atoms with Gasteiger partial charge >= 0.3 is 0 Å². The van der Waals surface area contributed by atoms with Gasteiger partial charge in [0.15, 0.2) is 5.82 Å². The first-order valence-corrected chi connectivity index (χ1v) is 8.79. The van der Waals surface area contributed by atoms with Crippen molar-refractivity contribution in [1.29, 1.82) is 0 Å². The van der Waals surface area contributed by atoms with Gasteiger partial charge in [-0.3, -0.25) is 4.68 Å². The van der Waals surface area contributed by atoms with Crippen molar-refractivity contribution in [2.24, 2.45) is 0 Å². The summed E-state index contributed by atoms with van der Waals surface area (Å²) in [5, 5.41) is 4.00. The number of aromatic nitrogens is 2. The molecule has 0 bridgehead atoms. The largest absolute Gasteiger partial charge is 0.381 e. The van der Waals surface area contributed by atoms with Gasteiger partial charge in [-0.05, 0) is 33.1 Å². The molecule has 0 aliphatic heterocycles. The van der Waals surface area contributed by atoms with Gasteiger partial charge in [0.2, 0.25) is 10.0 Å². The van der Waals surface area contributed by atoms with E-state index in [1.165, 1.54) is 6.20 Å². The molecule has 0 radical (unpaired) electrons. The highest BCUT2D eigenvalue weighted by Crippen LogP contribution is 2.16. The van der Waals surface area contributed by atoms with Crippen LogP contribution in [0.5, 0.6) is 0 Å². The number of hydrogen-bond donors (Lipinski definition) is 2. The number of unbranched alkanes of at least 4 members (excludes halogenated alkanes) is 1. The van der Waals surface area contributed by atoms with E-state index in [4.69, 9.17) is 10.5 Å². The Labute approximate surface area is 126 Å². The number of hydrogen-bond acceptors (Lipinski definition) is 5. The van der Waals surface area contributed by atoms with Crippen LogP contribution in [0, 0.1) is 0 Å². The van der Waals surface area contributed by atoms with Gasteiger partial charge in [-0.25, -0.2) is 13.1 Å². The van der Waals surface area contributed by atoms with Gasteiger partial charge in [0.1, 0.15) is 4.90 Å². The van der Waals surface area contributed by atoms with Crippen molar-refractivity contribution in [3.63, 3.8) is 0 Å². The zero-order valence-corrected chi connectivity index (χ0v) is 13.8. The molecule has 1 aromatic rings. The third kappa shape index (κ3) is 6.03. The molecule has 1 rings (SSSR count). The SMILES string of the molecule is CCCn1cc(S(=O)(=O)NCCCCOC(C)C)c(N)n1. The molecule has 0 aromatic carbocycles. The first-order chi connectivity index (χ1) is 9.86. The van der Waals surface area contributed by atoms with Crippen molar-refractivity contribution < 1.29 is 13.2 Å². The van der Waals surface area contributed by atoms with E-state index in [1.807, 2.05) is 20.8 Å². The van der Waals surface area contributed by atoms with Crippen LogP contribution in [0.25, 0.3) is 0 Å². The fourth-order valence-electron chi connectivity index (χ4n) is 1.80. The van der Waals surface area contributed by atoms with Crippen LogP contribution in [-0.4, -0.2) is 37.5 Å². The molecule has 0 unspecified atom stereocenters. The number of nitrogens with two attached hydrogens (primary N) is 1. The molecule has 0 saturated carbocycles. The van der Waals surface area contributed by atoms with Gasteiger partial charge in [0.05, 0.1) is 6.10 Å². The fourth-order valence-corrected chi connectivity index (χ4v) is 2.94. The summed E-state index contributed by atoms with van der Waals surface area (Å²) in [4.78, 5) is 0.0504. The maximum Gasteiger partial charge on any atom is 0.245 e. The first-order valence-electron chi connectivity index (χ1n) is 7.31. The average Bonchev–Trinajstić information content (AvgIpc) is 2.75. The summed E-state index contributed by atoms with van der Waals surface area (Å²) < 4.78 is 33.8. The Morgan fingerprint density at radius 3 is 2.76 bits per heavy atom. The lowest BCUT2D eigenvalue weighted by atomic mass is 10.3. The Morgan fingerprint density at radius 1 is 1.43 bits per heavy atom. The Balaban J connectivity index is 2.46. The predicted molar refractivity (Wildman–Crippen MR) is 82.4 cm³/mol. The minimum absolute atomic E-state index is 0.0408. The Bertz CT molecular complexity index is 526. The monoisotopic (exact) mass is 318 g/mol. The summed E-state index contributed by atoms with van der Waals surface area (Å²) >= 11 is 0. The predicted octanol–water partition coefficient (Wildman–Crippen LogP) is 1.36. The highest BCUT2D eigenvalue weighted by atomic mass is 32.2. The molecular formula is C13H26N4O3S. The number of nitrogens with one attached hydrogen (secondary N) is 1. The fraction of sp³-hybridized carbons (Fsp3) is 0.769. The van der Waals surface area contributed by atoms with E-state index >= 15 is 0 Å². The van der Waals surface area contributed by atoms with Gasteiger partial charge in [0, 0.05) is 25.9 Å². The average molecular weight is 318 g/mol. The van der Waals surface area contributed by atoms with Crippen LogP contribution in [0.2, 0.25) is 0 Å². The van der Waals surface area contributed by atoms with E-state index in [9.17, 15) is 8.42 Å². The second-order valence-corrected chi connectivity index (χ2v) is 6.90. The maximum absolute atomic E-state index is 12.1. The summed E-state index contributed by atoms with van der Waals surface area (Å²) in [5.74, 6) is 0.0408. The second-order valence-electron chi connectivity index (χ2n) is 5.17. The van der Waals surface area contributed by atoms with Crippen molar-refractivity contribution in [3.05, 3.63) is 6.20 Å². The minimum Gasteiger partial charge on any atom is -0.381 e. The van der Waals surface area contributed by atoms with E-state index in [2.05, 4.69) is 9.82 Å². The summed E-state index contributed by atoms with van der Waals surface area (Å²) in [6.07, 6.45) is 4.07. The minimum atomic E-state index is -3.59. The molecule has 0 aliphatic rings. The number of rotatable bonds is 10. The van der Waals surface area contributed by atoms with Crippen LogP contribution in [0.3, 0.4) is 0 Å². The van der Waals surface area contributed by atoms with Gasteiger partial charge < -0.3 is 10.5 Å². The van der Waals surface area contributed by atoms with E-state index in [0.717, 1.165) is 19.3 Å². The Hall–Kier alpha value is -1.12. The normalized spacial score (nSPS) is 12.2. The van der Waals surface area contributed by atoms with E-state index in [-0.39, 0.29) is 16.8 Å². The standard InChI is InChI=1S/C13H26N4O3S/c1-4-8-17-10-12(13(14)16-17)21(18,19)15-7-5-6-9-20-11(2)3/h10-11,15H,4-9H2,1-3H3,(H2,14,16). The summed E-state index contributed by atoms with van der Waals surface area (Å²) in [5.41, 5.74) is 5.67.